The molecule has 3 aromatic heterocycles. The second kappa shape index (κ2) is 10.0. The number of ether oxygens (including phenoxy) is 1. The van der Waals surface area contributed by atoms with Gasteiger partial charge < -0.3 is 20.1 Å². The lowest BCUT2D eigenvalue weighted by Gasteiger charge is -2.12. The monoisotopic (exact) mass is 516 g/mol. The van der Waals surface area contributed by atoms with Crippen molar-refractivity contribution in [1.29, 1.82) is 0 Å². The van der Waals surface area contributed by atoms with Gasteiger partial charge in [-0.05, 0) is 48.1 Å². The predicted octanol–water partition coefficient (Wildman–Crippen LogP) is 6.87. The molecule has 0 saturated carbocycles. The summed E-state index contributed by atoms with van der Waals surface area (Å²) in [6, 6.07) is 8.66. The summed E-state index contributed by atoms with van der Waals surface area (Å²) in [7, 11) is 1.30. The molecule has 11 heteroatoms. The number of anilines is 2. The van der Waals surface area contributed by atoms with Crippen molar-refractivity contribution in [3.05, 3.63) is 64.8 Å². The number of halogens is 3. The maximum absolute atomic E-state index is 13.5. The van der Waals surface area contributed by atoms with E-state index >= 15 is 0 Å². The second-order valence-corrected chi connectivity index (χ2v) is 9.43. The van der Waals surface area contributed by atoms with E-state index in [9.17, 15) is 23.1 Å². The van der Waals surface area contributed by atoms with Crippen LogP contribution in [0.25, 0.3) is 21.7 Å². The molecule has 0 radical (unpaired) electrons. The van der Waals surface area contributed by atoms with Gasteiger partial charge in [0.2, 0.25) is 5.95 Å². The Bertz CT molecular complexity index is 1380. The van der Waals surface area contributed by atoms with Crippen LogP contribution in [-0.2, 0) is 12.6 Å². The lowest BCUT2D eigenvalue weighted by atomic mass is 10.0. The lowest BCUT2D eigenvalue weighted by molar-refractivity contribution is -0.137. The molecule has 0 aliphatic carbocycles. The van der Waals surface area contributed by atoms with Crippen molar-refractivity contribution in [2.45, 2.75) is 26.4 Å². The normalized spacial score (nSPS) is 11.6. The van der Waals surface area contributed by atoms with Gasteiger partial charge in [-0.2, -0.15) is 13.2 Å². The van der Waals surface area contributed by atoms with Crippen molar-refractivity contribution in [2.24, 2.45) is 5.92 Å². The number of pyridine rings is 1. The van der Waals surface area contributed by atoms with Crippen LogP contribution in [0, 0.1) is 5.92 Å². The van der Waals surface area contributed by atoms with E-state index in [0.29, 0.717) is 23.4 Å². The molecular formula is C25H23F3N4O3S. The van der Waals surface area contributed by atoms with E-state index in [4.69, 9.17) is 4.74 Å². The van der Waals surface area contributed by atoms with Crippen molar-refractivity contribution >= 4 is 29.1 Å². The van der Waals surface area contributed by atoms with E-state index < -0.39 is 17.7 Å². The van der Waals surface area contributed by atoms with Crippen molar-refractivity contribution < 1.29 is 27.8 Å². The number of benzene rings is 1. The molecule has 0 spiro atoms. The van der Waals surface area contributed by atoms with Gasteiger partial charge in [-0.3, -0.25) is 0 Å². The number of methoxy groups -OCH3 is 1. The average Bonchev–Trinajstić information content (AvgIpc) is 3.48. The average molecular weight is 517 g/mol. The van der Waals surface area contributed by atoms with Gasteiger partial charge in [0.1, 0.15) is 17.1 Å². The highest BCUT2D eigenvalue weighted by atomic mass is 32.1. The van der Waals surface area contributed by atoms with Crippen LogP contribution in [0.1, 0.15) is 35.5 Å². The summed E-state index contributed by atoms with van der Waals surface area (Å²) < 4.78 is 45.6. The molecule has 0 atom stereocenters. The molecule has 4 rings (SSSR count). The molecule has 0 aliphatic heterocycles. The quantitative estimate of drug-likeness (QED) is 0.236. The van der Waals surface area contributed by atoms with Crippen molar-refractivity contribution in [1.82, 2.24) is 15.0 Å². The molecule has 0 saturated heterocycles. The molecule has 3 heterocycles. The van der Waals surface area contributed by atoms with Gasteiger partial charge in [-0.25, -0.2) is 14.8 Å². The fourth-order valence-corrected chi connectivity index (χ4v) is 4.41. The summed E-state index contributed by atoms with van der Waals surface area (Å²) in [5.41, 5.74) is 0.864. The van der Waals surface area contributed by atoms with Crippen molar-refractivity contribution in [3.8, 4) is 27.4 Å². The number of nitrogens with zero attached hydrogens (tertiary/aromatic N) is 2. The molecule has 0 fully saturated rings. The summed E-state index contributed by atoms with van der Waals surface area (Å²) in [5, 5.41) is 14.5. The Morgan fingerprint density at radius 3 is 2.61 bits per heavy atom. The zero-order valence-corrected chi connectivity index (χ0v) is 20.4. The fraction of sp³-hybridized carbons (Fsp3) is 0.240. The number of carboxylic acid groups (broad SMARTS) is 1. The van der Waals surface area contributed by atoms with E-state index in [-0.39, 0.29) is 34.6 Å². The smallest absolute Gasteiger partial charge is 0.416 e. The second-order valence-electron chi connectivity index (χ2n) is 8.49. The molecular weight excluding hydrogens is 493 g/mol. The van der Waals surface area contributed by atoms with E-state index in [1.807, 2.05) is 31.4 Å². The highest BCUT2D eigenvalue weighted by Gasteiger charge is 2.32. The van der Waals surface area contributed by atoms with Crippen LogP contribution in [0.4, 0.5) is 24.9 Å². The molecule has 188 valence electrons. The van der Waals surface area contributed by atoms with E-state index in [2.05, 4.69) is 20.3 Å². The van der Waals surface area contributed by atoms with Crippen LogP contribution in [0.3, 0.4) is 0 Å². The van der Waals surface area contributed by atoms with Gasteiger partial charge in [0, 0.05) is 27.9 Å². The first-order valence-corrected chi connectivity index (χ1v) is 11.8. The molecule has 0 amide bonds. The Balaban J connectivity index is 1.76. The Morgan fingerprint density at radius 2 is 2.00 bits per heavy atom. The maximum atomic E-state index is 13.5. The summed E-state index contributed by atoms with van der Waals surface area (Å²) in [4.78, 5) is 24.7. The number of alkyl halides is 3. The number of aromatic amines is 1. The first-order valence-electron chi connectivity index (χ1n) is 10.9. The number of carbonyl (C=O) groups is 1. The number of aromatic carboxylic acids is 1. The Hall–Kier alpha value is -3.86. The van der Waals surface area contributed by atoms with Crippen LogP contribution < -0.4 is 10.1 Å². The Kier molecular flexibility index (Phi) is 7.02. The van der Waals surface area contributed by atoms with E-state index in [1.54, 1.807) is 6.20 Å². The molecule has 0 aliphatic rings. The number of hydrogen-bond acceptors (Lipinski definition) is 6. The van der Waals surface area contributed by atoms with Gasteiger partial charge in [0.05, 0.1) is 18.4 Å². The van der Waals surface area contributed by atoms with Gasteiger partial charge in [-0.1, -0.05) is 19.9 Å². The number of imidazole rings is 1. The largest absolute Gasteiger partial charge is 0.497 e. The van der Waals surface area contributed by atoms with E-state index in [0.717, 1.165) is 17.0 Å². The van der Waals surface area contributed by atoms with Crippen LogP contribution in [0.15, 0.2) is 48.0 Å². The highest BCUT2D eigenvalue weighted by molar-refractivity contribution is 7.13. The minimum atomic E-state index is -4.57. The maximum Gasteiger partial charge on any atom is 0.416 e. The third-order valence-electron chi connectivity index (χ3n) is 5.29. The fourth-order valence-electron chi connectivity index (χ4n) is 3.70. The number of carboxylic acids is 1. The zero-order valence-electron chi connectivity index (χ0n) is 19.6. The van der Waals surface area contributed by atoms with Crippen LogP contribution in [0.5, 0.6) is 5.75 Å². The zero-order chi connectivity index (χ0) is 26.0. The molecule has 7 nitrogen and oxygen atoms in total. The third-order valence-corrected chi connectivity index (χ3v) is 6.21. The highest BCUT2D eigenvalue weighted by Crippen LogP contribution is 2.37. The Morgan fingerprint density at radius 1 is 1.22 bits per heavy atom. The first-order chi connectivity index (χ1) is 17.0. The predicted molar refractivity (Wildman–Crippen MR) is 132 cm³/mol. The number of aromatic nitrogens is 3. The van der Waals surface area contributed by atoms with E-state index in [1.165, 1.54) is 30.6 Å². The molecule has 1 aromatic carbocycles. The van der Waals surface area contributed by atoms with Gasteiger partial charge in [0.15, 0.2) is 0 Å². The number of rotatable bonds is 8. The first kappa shape index (κ1) is 25.2. The molecule has 0 bridgehead atoms. The summed E-state index contributed by atoms with van der Waals surface area (Å²) in [6.07, 6.45) is -2.51. The molecule has 0 unspecified atom stereocenters. The molecule has 36 heavy (non-hydrogen) atoms. The topological polar surface area (TPSA) is 100 Å². The standard InChI is InChI=1S/C25H23F3N4O3S/c1-13(2)7-19-21(14-8-16(25(26,27)28)11-17(9-14)35-3)31-24(30-19)32-22-18(23(33)34)10-15(12-29-22)20-5-4-6-36-20/h4-6,8-13H,7H2,1-3H3,(H,33,34)(H2,29,30,31,32). The van der Waals surface area contributed by atoms with Gasteiger partial charge >= 0.3 is 12.1 Å². The minimum absolute atomic E-state index is 0.0480. The molecule has 3 N–H and O–H groups in total. The van der Waals surface area contributed by atoms with Crippen LogP contribution in [-0.4, -0.2) is 33.1 Å². The summed E-state index contributed by atoms with van der Waals surface area (Å²) in [6.45, 7) is 3.94. The minimum Gasteiger partial charge on any atom is -0.497 e. The van der Waals surface area contributed by atoms with Crippen molar-refractivity contribution in [3.63, 3.8) is 0 Å². The SMILES string of the molecule is COc1cc(-c2nc(Nc3ncc(-c4cccs4)cc3C(=O)O)[nH]c2CC(C)C)cc(C(F)(F)F)c1. The number of thiophene rings is 1. The van der Waals surface area contributed by atoms with Crippen LogP contribution >= 0.6 is 11.3 Å². The summed E-state index contributed by atoms with van der Waals surface area (Å²) in [5.74, 6) is -0.744. The third kappa shape index (κ3) is 5.51. The van der Waals surface area contributed by atoms with Crippen molar-refractivity contribution in [2.75, 3.05) is 12.4 Å². The van der Waals surface area contributed by atoms with Crippen LogP contribution in [0.2, 0.25) is 0 Å². The lowest BCUT2D eigenvalue weighted by Crippen LogP contribution is -2.06. The number of hydrogen-bond donors (Lipinski definition) is 3. The Labute approximate surface area is 209 Å². The van der Waals surface area contributed by atoms with Gasteiger partial charge in [-0.15, -0.1) is 11.3 Å². The number of nitrogens with one attached hydrogen (secondary N) is 2. The summed E-state index contributed by atoms with van der Waals surface area (Å²) >= 11 is 1.46. The van der Waals surface area contributed by atoms with Gasteiger partial charge in [0.25, 0.3) is 0 Å². The molecule has 4 aromatic rings. The number of H-pyrrole nitrogens is 1.